The highest BCUT2D eigenvalue weighted by Gasteiger charge is 2.22. The highest BCUT2D eigenvalue weighted by atomic mass is 32.2. The fourth-order valence-corrected chi connectivity index (χ4v) is 5.37. The van der Waals surface area contributed by atoms with E-state index >= 15 is 0 Å². The number of aromatic nitrogens is 2. The van der Waals surface area contributed by atoms with Crippen molar-refractivity contribution in [3.63, 3.8) is 0 Å². The maximum absolute atomic E-state index is 13.2. The van der Waals surface area contributed by atoms with Crippen LogP contribution in [0.25, 0.3) is 5.69 Å². The summed E-state index contributed by atoms with van der Waals surface area (Å²) in [5.74, 6) is -0.579. The third-order valence-electron chi connectivity index (χ3n) is 6.17. The molecular weight excluding hydrogens is 476 g/mol. The first kappa shape index (κ1) is 25.0. The number of benzene rings is 3. The van der Waals surface area contributed by atoms with Crippen LogP contribution in [0.2, 0.25) is 0 Å². The molecule has 0 unspecified atom stereocenters. The van der Waals surface area contributed by atoms with Gasteiger partial charge >= 0.3 is 0 Å². The lowest BCUT2D eigenvalue weighted by Gasteiger charge is -2.14. The van der Waals surface area contributed by atoms with Crippen LogP contribution in [0, 0.1) is 27.7 Å². The zero-order chi connectivity index (χ0) is 26.2. The predicted molar refractivity (Wildman–Crippen MR) is 142 cm³/mol. The number of aryl methyl sites for hydroxylation is 3. The Labute approximate surface area is 210 Å². The highest BCUT2D eigenvalue weighted by Crippen LogP contribution is 2.24. The molecule has 9 heteroatoms. The molecule has 1 heterocycles. The van der Waals surface area contributed by atoms with Gasteiger partial charge in [-0.25, -0.2) is 13.1 Å². The molecule has 2 N–H and O–H groups in total. The number of amides is 1. The molecular formula is C27H28N4O4S. The first-order valence-electron chi connectivity index (χ1n) is 11.4. The number of hydrogen-bond donors (Lipinski definition) is 2. The van der Waals surface area contributed by atoms with Gasteiger partial charge in [0.05, 0.1) is 22.0 Å². The van der Waals surface area contributed by atoms with E-state index in [4.69, 9.17) is 0 Å². The molecule has 0 saturated heterocycles. The van der Waals surface area contributed by atoms with E-state index < -0.39 is 15.9 Å². The summed E-state index contributed by atoms with van der Waals surface area (Å²) in [7, 11) is -2.24. The monoisotopic (exact) mass is 504 g/mol. The number of rotatable bonds is 6. The second-order valence-electron chi connectivity index (χ2n) is 8.79. The molecule has 3 aromatic carbocycles. The lowest BCUT2D eigenvalue weighted by Crippen LogP contribution is -2.23. The van der Waals surface area contributed by atoms with Gasteiger partial charge in [0.1, 0.15) is 5.69 Å². The Morgan fingerprint density at radius 3 is 2.22 bits per heavy atom. The van der Waals surface area contributed by atoms with Crippen LogP contribution in [0.15, 0.2) is 76.4 Å². The second-order valence-corrected chi connectivity index (χ2v) is 10.4. The van der Waals surface area contributed by atoms with Crippen molar-refractivity contribution in [2.24, 2.45) is 7.05 Å². The van der Waals surface area contributed by atoms with E-state index in [9.17, 15) is 18.0 Å². The van der Waals surface area contributed by atoms with E-state index in [-0.39, 0.29) is 21.7 Å². The summed E-state index contributed by atoms with van der Waals surface area (Å²) in [6.45, 7) is 7.10. The summed E-state index contributed by atoms with van der Waals surface area (Å²) in [4.78, 5) is 26.3. The van der Waals surface area contributed by atoms with Crippen molar-refractivity contribution >= 4 is 27.3 Å². The molecule has 0 aliphatic carbocycles. The lowest BCUT2D eigenvalue weighted by molar-refractivity contribution is 0.102. The Hall–Kier alpha value is -4.11. The molecule has 0 bridgehead atoms. The van der Waals surface area contributed by atoms with Crippen molar-refractivity contribution in [3.8, 4) is 5.69 Å². The number of nitrogens with zero attached hydrogens (tertiary/aromatic N) is 2. The van der Waals surface area contributed by atoms with Gasteiger partial charge in [0.2, 0.25) is 0 Å². The molecule has 0 aliphatic rings. The molecule has 0 aliphatic heterocycles. The molecule has 4 aromatic rings. The minimum absolute atomic E-state index is 0.0115. The molecule has 0 fully saturated rings. The van der Waals surface area contributed by atoms with Crippen LogP contribution in [0.1, 0.15) is 32.7 Å². The number of sulfonamides is 1. The summed E-state index contributed by atoms with van der Waals surface area (Å²) in [5, 5.41) is 2.68. The average Bonchev–Trinajstić information content (AvgIpc) is 3.05. The molecule has 0 spiro atoms. The third-order valence-corrected chi connectivity index (χ3v) is 7.68. The van der Waals surface area contributed by atoms with E-state index in [1.807, 2.05) is 44.2 Å². The first-order valence-corrected chi connectivity index (χ1v) is 12.8. The van der Waals surface area contributed by atoms with Gasteiger partial charge in [-0.05, 0) is 74.7 Å². The summed E-state index contributed by atoms with van der Waals surface area (Å²) >= 11 is 0. The molecule has 1 amide bonds. The van der Waals surface area contributed by atoms with Gasteiger partial charge in [-0.1, -0.05) is 36.4 Å². The summed E-state index contributed by atoms with van der Waals surface area (Å²) in [5.41, 5.74) is 3.76. The van der Waals surface area contributed by atoms with Crippen LogP contribution < -0.4 is 15.6 Å². The van der Waals surface area contributed by atoms with E-state index in [2.05, 4.69) is 10.0 Å². The molecule has 0 saturated carbocycles. The van der Waals surface area contributed by atoms with Crippen LogP contribution in [0.3, 0.4) is 0 Å². The summed E-state index contributed by atoms with van der Waals surface area (Å²) in [6, 6.07) is 19.0. The number of hydrogen-bond acceptors (Lipinski definition) is 4. The normalized spacial score (nSPS) is 11.4. The number of carbonyl (C=O) groups is 1. The quantitative estimate of drug-likeness (QED) is 0.405. The van der Waals surface area contributed by atoms with Gasteiger partial charge in [-0.15, -0.1) is 0 Å². The Morgan fingerprint density at radius 1 is 0.861 bits per heavy atom. The molecule has 8 nitrogen and oxygen atoms in total. The third kappa shape index (κ3) is 4.70. The number of anilines is 2. The lowest BCUT2D eigenvalue weighted by atomic mass is 10.1. The zero-order valence-electron chi connectivity index (χ0n) is 20.8. The van der Waals surface area contributed by atoms with Crippen molar-refractivity contribution < 1.29 is 13.2 Å². The van der Waals surface area contributed by atoms with Gasteiger partial charge in [-0.3, -0.25) is 19.0 Å². The van der Waals surface area contributed by atoms with Gasteiger partial charge in [0, 0.05) is 12.6 Å². The minimum Gasteiger partial charge on any atom is -0.316 e. The Kier molecular flexibility index (Phi) is 6.60. The van der Waals surface area contributed by atoms with E-state index in [0.717, 1.165) is 11.1 Å². The number of nitrogens with one attached hydrogen (secondary N) is 2. The van der Waals surface area contributed by atoms with Gasteiger partial charge < -0.3 is 5.32 Å². The van der Waals surface area contributed by atoms with Gasteiger partial charge in [-0.2, -0.15) is 0 Å². The van der Waals surface area contributed by atoms with Crippen molar-refractivity contribution in [2.45, 2.75) is 32.6 Å². The average molecular weight is 505 g/mol. The highest BCUT2D eigenvalue weighted by molar-refractivity contribution is 7.92. The molecule has 0 atom stereocenters. The van der Waals surface area contributed by atoms with Crippen LogP contribution in [-0.2, 0) is 17.1 Å². The summed E-state index contributed by atoms with van der Waals surface area (Å²) in [6.07, 6.45) is 0. The summed E-state index contributed by atoms with van der Waals surface area (Å²) < 4.78 is 32.2. The minimum atomic E-state index is -3.97. The Morgan fingerprint density at radius 2 is 1.53 bits per heavy atom. The van der Waals surface area contributed by atoms with Crippen molar-refractivity contribution in [2.75, 3.05) is 10.0 Å². The van der Waals surface area contributed by atoms with Crippen molar-refractivity contribution in [3.05, 3.63) is 105 Å². The Bertz CT molecular complexity index is 1630. The molecule has 1 aromatic heterocycles. The van der Waals surface area contributed by atoms with Crippen LogP contribution in [-0.4, -0.2) is 23.7 Å². The molecule has 4 rings (SSSR count). The smallest absolute Gasteiger partial charge is 0.295 e. The topological polar surface area (TPSA) is 102 Å². The Balaban J connectivity index is 1.67. The van der Waals surface area contributed by atoms with Crippen molar-refractivity contribution in [1.82, 2.24) is 9.36 Å². The standard InChI is InChI=1S/C27H28N4O4S/c1-17-11-12-18(2)23(15-17)29-36(34,35)24-16-21(14-13-19(24)3)26(32)28-25-20(4)30(5)31(27(25)33)22-9-7-6-8-10-22/h6-16,29H,1-5H3,(H,28,32). The maximum atomic E-state index is 13.2. The second kappa shape index (κ2) is 9.50. The fourth-order valence-electron chi connectivity index (χ4n) is 3.97. The van der Waals surface area contributed by atoms with Crippen LogP contribution in [0.4, 0.5) is 11.4 Å². The van der Waals surface area contributed by atoms with Crippen LogP contribution >= 0.6 is 0 Å². The van der Waals surface area contributed by atoms with E-state index in [1.54, 1.807) is 49.8 Å². The largest absolute Gasteiger partial charge is 0.316 e. The molecule has 36 heavy (non-hydrogen) atoms. The maximum Gasteiger partial charge on any atom is 0.295 e. The first-order chi connectivity index (χ1) is 17.0. The van der Waals surface area contributed by atoms with Crippen LogP contribution in [0.5, 0.6) is 0 Å². The van der Waals surface area contributed by atoms with Crippen molar-refractivity contribution in [1.29, 1.82) is 0 Å². The van der Waals surface area contributed by atoms with E-state index in [1.165, 1.54) is 16.8 Å². The predicted octanol–water partition coefficient (Wildman–Crippen LogP) is 4.46. The molecule has 186 valence electrons. The van der Waals surface area contributed by atoms with Gasteiger partial charge in [0.15, 0.2) is 0 Å². The number of para-hydroxylation sites is 1. The molecule has 0 radical (unpaired) electrons. The van der Waals surface area contributed by atoms with Gasteiger partial charge in [0.25, 0.3) is 21.5 Å². The SMILES string of the molecule is Cc1ccc(C)c(NS(=O)(=O)c2cc(C(=O)Nc3c(C)n(C)n(-c4ccccc4)c3=O)ccc2C)c1. The number of carbonyl (C=O) groups excluding carboxylic acids is 1. The van der Waals surface area contributed by atoms with E-state index in [0.29, 0.717) is 22.6 Å². The fraction of sp³-hybridized carbons (Fsp3) is 0.185. The zero-order valence-corrected chi connectivity index (χ0v) is 21.6.